The number of hydrogen-bond donors (Lipinski definition) is 1. The maximum atomic E-state index is 5.73. The van der Waals surface area contributed by atoms with E-state index in [0.29, 0.717) is 6.10 Å². The summed E-state index contributed by atoms with van der Waals surface area (Å²) >= 11 is 0. The van der Waals surface area contributed by atoms with Crippen molar-refractivity contribution in [2.45, 2.75) is 70.6 Å². The zero-order chi connectivity index (χ0) is 12.8. The summed E-state index contributed by atoms with van der Waals surface area (Å²) in [5.41, 5.74) is 0. The molecule has 3 nitrogen and oxygen atoms in total. The Bertz CT molecular complexity index is 195. The third-order valence-corrected chi connectivity index (χ3v) is 4.58. The average molecular weight is 254 g/mol. The molecule has 2 fully saturated rings. The van der Waals surface area contributed by atoms with Crippen LogP contribution in [0.3, 0.4) is 0 Å². The second-order valence-corrected chi connectivity index (χ2v) is 5.75. The van der Waals surface area contributed by atoms with Crippen molar-refractivity contribution in [3.05, 3.63) is 0 Å². The predicted octanol–water partition coefficient (Wildman–Crippen LogP) is 2.41. The van der Waals surface area contributed by atoms with Crippen LogP contribution in [0.1, 0.15) is 52.4 Å². The molecule has 2 aliphatic rings. The summed E-state index contributed by atoms with van der Waals surface area (Å²) in [5, 5.41) is 3.59. The van der Waals surface area contributed by atoms with Crippen molar-refractivity contribution >= 4 is 0 Å². The van der Waals surface area contributed by atoms with Crippen molar-refractivity contribution in [1.82, 2.24) is 10.2 Å². The topological polar surface area (TPSA) is 24.5 Å². The van der Waals surface area contributed by atoms with Gasteiger partial charge in [-0.05, 0) is 52.0 Å². The number of likely N-dealkylation sites (tertiary alicyclic amines) is 1. The predicted molar refractivity (Wildman–Crippen MR) is 75.9 cm³/mol. The highest BCUT2D eigenvalue weighted by Crippen LogP contribution is 2.26. The van der Waals surface area contributed by atoms with Gasteiger partial charge in [0.05, 0.1) is 6.10 Å². The lowest BCUT2D eigenvalue weighted by molar-refractivity contribution is -0.00144. The van der Waals surface area contributed by atoms with Crippen molar-refractivity contribution in [2.24, 2.45) is 0 Å². The summed E-state index contributed by atoms with van der Waals surface area (Å²) < 4.78 is 5.73. The first-order chi connectivity index (χ1) is 8.83. The van der Waals surface area contributed by atoms with E-state index >= 15 is 0 Å². The summed E-state index contributed by atoms with van der Waals surface area (Å²) in [6.45, 7) is 8.81. The lowest BCUT2D eigenvalue weighted by Gasteiger charge is -2.40. The second kappa shape index (κ2) is 7.46. The van der Waals surface area contributed by atoms with Crippen molar-refractivity contribution < 1.29 is 4.74 Å². The Hall–Kier alpha value is -0.120. The van der Waals surface area contributed by atoms with Crippen molar-refractivity contribution in [3.8, 4) is 0 Å². The molecule has 0 amide bonds. The number of hydrogen-bond acceptors (Lipinski definition) is 3. The smallest absolute Gasteiger partial charge is 0.0599 e. The van der Waals surface area contributed by atoms with Gasteiger partial charge in [0.15, 0.2) is 0 Å². The van der Waals surface area contributed by atoms with Crippen molar-refractivity contribution in [1.29, 1.82) is 0 Å². The van der Waals surface area contributed by atoms with Crippen LogP contribution in [0, 0.1) is 0 Å². The molecule has 1 aliphatic heterocycles. The lowest BCUT2D eigenvalue weighted by Crippen LogP contribution is -2.46. The van der Waals surface area contributed by atoms with Crippen LogP contribution in [-0.2, 0) is 4.74 Å². The third kappa shape index (κ3) is 3.94. The van der Waals surface area contributed by atoms with Gasteiger partial charge in [-0.3, -0.25) is 0 Å². The number of nitrogens with one attached hydrogen (secondary N) is 1. The fourth-order valence-electron chi connectivity index (χ4n) is 3.58. The number of piperidine rings is 1. The van der Waals surface area contributed by atoms with Gasteiger partial charge in [0, 0.05) is 31.8 Å². The van der Waals surface area contributed by atoms with Gasteiger partial charge >= 0.3 is 0 Å². The molecule has 0 unspecified atom stereocenters. The van der Waals surface area contributed by atoms with Gasteiger partial charge in [0.1, 0.15) is 0 Å². The molecular weight excluding hydrogens is 224 g/mol. The van der Waals surface area contributed by atoms with Gasteiger partial charge in [-0.1, -0.05) is 6.92 Å². The SMILES string of the molecule is CCNC1CCC(N2CCC(OCC)CC2)CC1. The molecule has 1 N–H and O–H groups in total. The van der Waals surface area contributed by atoms with Gasteiger partial charge in [0.2, 0.25) is 0 Å². The van der Waals surface area contributed by atoms with Crippen LogP contribution in [0.2, 0.25) is 0 Å². The van der Waals surface area contributed by atoms with Crippen LogP contribution in [0.4, 0.5) is 0 Å². The van der Waals surface area contributed by atoms with Gasteiger partial charge < -0.3 is 15.0 Å². The normalized spacial score (nSPS) is 31.7. The highest BCUT2D eigenvalue weighted by atomic mass is 16.5. The molecular formula is C15H30N2O. The molecule has 0 bridgehead atoms. The van der Waals surface area contributed by atoms with E-state index < -0.39 is 0 Å². The Balaban J connectivity index is 1.68. The first kappa shape index (κ1) is 14.3. The van der Waals surface area contributed by atoms with Crippen LogP contribution in [0.5, 0.6) is 0 Å². The molecule has 2 rings (SSSR count). The average Bonchev–Trinajstić information content (AvgIpc) is 2.41. The quantitative estimate of drug-likeness (QED) is 0.815. The molecule has 0 aromatic carbocycles. The van der Waals surface area contributed by atoms with E-state index in [2.05, 4.69) is 24.1 Å². The summed E-state index contributed by atoms with van der Waals surface area (Å²) in [4.78, 5) is 2.72. The largest absolute Gasteiger partial charge is 0.378 e. The number of rotatable bonds is 5. The zero-order valence-electron chi connectivity index (χ0n) is 12.2. The number of nitrogens with zero attached hydrogens (tertiary/aromatic N) is 1. The molecule has 106 valence electrons. The van der Waals surface area contributed by atoms with Gasteiger partial charge in [-0.2, -0.15) is 0 Å². The first-order valence-corrected chi connectivity index (χ1v) is 7.92. The highest BCUT2D eigenvalue weighted by molar-refractivity contribution is 4.85. The Kier molecular flexibility index (Phi) is 5.93. The van der Waals surface area contributed by atoms with Crippen LogP contribution < -0.4 is 5.32 Å². The molecule has 18 heavy (non-hydrogen) atoms. The van der Waals surface area contributed by atoms with E-state index in [9.17, 15) is 0 Å². The second-order valence-electron chi connectivity index (χ2n) is 5.75. The lowest BCUT2D eigenvalue weighted by atomic mass is 9.89. The van der Waals surface area contributed by atoms with E-state index in [1.54, 1.807) is 0 Å². The Morgan fingerprint density at radius 1 is 1.00 bits per heavy atom. The molecule has 0 aromatic rings. The van der Waals surface area contributed by atoms with E-state index in [-0.39, 0.29) is 0 Å². The van der Waals surface area contributed by atoms with Gasteiger partial charge in [-0.15, -0.1) is 0 Å². The summed E-state index contributed by atoms with van der Waals surface area (Å²) in [7, 11) is 0. The molecule has 1 aliphatic carbocycles. The summed E-state index contributed by atoms with van der Waals surface area (Å²) in [6, 6.07) is 1.63. The fourth-order valence-corrected chi connectivity index (χ4v) is 3.58. The Morgan fingerprint density at radius 2 is 1.67 bits per heavy atom. The van der Waals surface area contributed by atoms with Crippen molar-refractivity contribution in [3.63, 3.8) is 0 Å². The molecule has 1 saturated heterocycles. The standard InChI is InChI=1S/C15H30N2O/c1-3-16-13-5-7-14(8-6-13)17-11-9-15(10-12-17)18-4-2/h13-16H,3-12H2,1-2H3. The van der Waals surface area contributed by atoms with Gasteiger partial charge in [-0.25, -0.2) is 0 Å². The van der Waals surface area contributed by atoms with E-state index in [1.807, 2.05) is 0 Å². The zero-order valence-corrected chi connectivity index (χ0v) is 12.2. The minimum Gasteiger partial charge on any atom is -0.378 e. The molecule has 1 heterocycles. The monoisotopic (exact) mass is 254 g/mol. The van der Waals surface area contributed by atoms with E-state index in [1.165, 1.54) is 51.6 Å². The van der Waals surface area contributed by atoms with E-state index in [0.717, 1.165) is 25.2 Å². The van der Waals surface area contributed by atoms with Crippen LogP contribution in [0.15, 0.2) is 0 Å². The fraction of sp³-hybridized carbons (Fsp3) is 1.00. The molecule has 1 saturated carbocycles. The molecule has 0 atom stereocenters. The maximum Gasteiger partial charge on any atom is 0.0599 e. The summed E-state index contributed by atoms with van der Waals surface area (Å²) in [5.74, 6) is 0. The van der Waals surface area contributed by atoms with Crippen LogP contribution >= 0.6 is 0 Å². The highest BCUT2D eigenvalue weighted by Gasteiger charge is 2.28. The Labute approximate surface area is 112 Å². The molecule has 0 aromatic heterocycles. The summed E-state index contributed by atoms with van der Waals surface area (Å²) in [6.07, 6.45) is 8.51. The maximum absolute atomic E-state index is 5.73. The Morgan fingerprint density at radius 3 is 2.22 bits per heavy atom. The minimum atomic E-state index is 0.532. The van der Waals surface area contributed by atoms with Crippen molar-refractivity contribution in [2.75, 3.05) is 26.2 Å². The third-order valence-electron chi connectivity index (χ3n) is 4.58. The van der Waals surface area contributed by atoms with Gasteiger partial charge in [0.25, 0.3) is 0 Å². The molecule has 3 heteroatoms. The van der Waals surface area contributed by atoms with Crippen LogP contribution in [0.25, 0.3) is 0 Å². The van der Waals surface area contributed by atoms with E-state index in [4.69, 9.17) is 4.74 Å². The van der Waals surface area contributed by atoms with Crippen LogP contribution in [-0.4, -0.2) is 49.3 Å². The minimum absolute atomic E-state index is 0.532. The first-order valence-electron chi connectivity index (χ1n) is 7.92. The number of ether oxygens (including phenoxy) is 1. The molecule has 0 radical (unpaired) electrons. The molecule has 0 spiro atoms.